The van der Waals surface area contributed by atoms with Crippen molar-refractivity contribution in [3.63, 3.8) is 0 Å². The zero-order valence-corrected chi connectivity index (χ0v) is 16.1. The number of amides is 1. The third-order valence-corrected chi connectivity index (χ3v) is 5.63. The molecule has 3 heterocycles. The van der Waals surface area contributed by atoms with Gasteiger partial charge in [0, 0.05) is 19.7 Å². The lowest BCUT2D eigenvalue weighted by atomic mass is 10.1. The van der Waals surface area contributed by atoms with Crippen LogP contribution in [-0.4, -0.2) is 58.9 Å². The van der Waals surface area contributed by atoms with E-state index in [2.05, 4.69) is 4.98 Å². The minimum atomic E-state index is -0.252. The van der Waals surface area contributed by atoms with E-state index in [9.17, 15) is 9.59 Å². The second-order valence-corrected chi connectivity index (χ2v) is 7.57. The van der Waals surface area contributed by atoms with Gasteiger partial charge in [-0.2, -0.15) is 0 Å². The summed E-state index contributed by atoms with van der Waals surface area (Å²) in [6.45, 7) is 2.85. The van der Waals surface area contributed by atoms with Crippen molar-refractivity contribution >= 4 is 16.9 Å². The van der Waals surface area contributed by atoms with Crippen molar-refractivity contribution < 1.29 is 14.3 Å². The van der Waals surface area contributed by atoms with Crippen molar-refractivity contribution in [3.05, 3.63) is 40.8 Å². The quantitative estimate of drug-likeness (QED) is 0.787. The molecule has 0 spiro atoms. The van der Waals surface area contributed by atoms with E-state index in [1.165, 1.54) is 17.2 Å². The van der Waals surface area contributed by atoms with Crippen LogP contribution in [0.25, 0.3) is 11.0 Å². The van der Waals surface area contributed by atoms with E-state index >= 15 is 0 Å². The van der Waals surface area contributed by atoms with Gasteiger partial charge in [-0.3, -0.25) is 14.2 Å². The molecule has 0 aliphatic carbocycles. The number of aromatic nitrogens is 2. The molecule has 2 fully saturated rings. The van der Waals surface area contributed by atoms with Gasteiger partial charge in [-0.15, -0.1) is 0 Å². The van der Waals surface area contributed by atoms with E-state index in [0.717, 1.165) is 32.3 Å². The Balaban J connectivity index is 1.31. The lowest BCUT2D eigenvalue weighted by molar-refractivity contribution is -0.135. The first-order chi connectivity index (χ1) is 13.7. The highest BCUT2D eigenvalue weighted by atomic mass is 16.5. The number of hydrogen-bond donors (Lipinski definition) is 0. The van der Waals surface area contributed by atoms with Gasteiger partial charge in [-0.05, 0) is 44.2 Å². The summed E-state index contributed by atoms with van der Waals surface area (Å²) in [5.74, 6) is -0.0347. The molecule has 0 saturated carbocycles. The van der Waals surface area contributed by atoms with Crippen molar-refractivity contribution in [2.45, 2.75) is 50.9 Å². The predicted octanol–water partition coefficient (Wildman–Crippen LogP) is 1.97. The van der Waals surface area contributed by atoms with Gasteiger partial charge in [0.2, 0.25) is 5.91 Å². The summed E-state index contributed by atoms with van der Waals surface area (Å²) >= 11 is 0. The molecule has 150 valence electrons. The fourth-order valence-electron chi connectivity index (χ4n) is 3.97. The Kier molecular flexibility index (Phi) is 6.02. The van der Waals surface area contributed by atoms with Crippen LogP contribution in [0, 0.1) is 0 Å². The van der Waals surface area contributed by atoms with Crippen molar-refractivity contribution in [3.8, 4) is 0 Å². The van der Waals surface area contributed by atoms with Crippen LogP contribution in [-0.2, 0) is 20.8 Å². The highest BCUT2D eigenvalue weighted by Gasteiger charge is 2.25. The molecule has 2 aliphatic rings. The summed E-state index contributed by atoms with van der Waals surface area (Å²) in [6.07, 6.45) is 6.76. The van der Waals surface area contributed by atoms with Crippen LogP contribution < -0.4 is 5.56 Å². The molecule has 1 atom stereocenters. The molecule has 4 rings (SSSR count). The maximum absolute atomic E-state index is 12.8. The number of nitrogens with zero attached hydrogens (tertiary/aromatic N) is 3. The Morgan fingerprint density at radius 1 is 1.18 bits per heavy atom. The molecular formula is C21H27N3O4. The monoisotopic (exact) mass is 385 g/mol. The second-order valence-electron chi connectivity index (χ2n) is 7.57. The highest BCUT2D eigenvalue weighted by Crippen LogP contribution is 2.18. The topological polar surface area (TPSA) is 73.7 Å². The minimum absolute atomic E-state index is 0.0347. The zero-order chi connectivity index (χ0) is 19.3. The Labute approximate surface area is 164 Å². The molecule has 28 heavy (non-hydrogen) atoms. The minimum Gasteiger partial charge on any atom is -0.376 e. The Hall–Kier alpha value is -2.25. The largest absolute Gasteiger partial charge is 0.376 e. The van der Waals surface area contributed by atoms with E-state index in [4.69, 9.17) is 9.47 Å². The summed E-state index contributed by atoms with van der Waals surface area (Å²) in [6, 6.07) is 7.39. The number of para-hydroxylation sites is 2. The average Bonchev–Trinajstić information content (AvgIpc) is 2.75. The molecule has 2 aliphatic heterocycles. The fourth-order valence-corrected chi connectivity index (χ4v) is 3.97. The number of hydrogen-bond acceptors (Lipinski definition) is 5. The van der Waals surface area contributed by atoms with Crippen molar-refractivity contribution in [2.24, 2.45) is 0 Å². The van der Waals surface area contributed by atoms with Crippen LogP contribution in [0.15, 0.2) is 35.3 Å². The molecule has 1 aromatic carbocycles. The van der Waals surface area contributed by atoms with Crippen LogP contribution in [0.4, 0.5) is 0 Å². The van der Waals surface area contributed by atoms with Gasteiger partial charge in [-0.25, -0.2) is 4.98 Å². The number of piperidine rings is 1. The van der Waals surface area contributed by atoms with Crippen LogP contribution >= 0.6 is 0 Å². The molecule has 1 unspecified atom stereocenters. The predicted molar refractivity (Wildman–Crippen MR) is 105 cm³/mol. The first kappa shape index (κ1) is 19.1. The Morgan fingerprint density at radius 3 is 2.79 bits per heavy atom. The van der Waals surface area contributed by atoms with Crippen LogP contribution in [0.5, 0.6) is 0 Å². The third kappa shape index (κ3) is 4.42. The van der Waals surface area contributed by atoms with Crippen LogP contribution in [0.2, 0.25) is 0 Å². The Bertz CT molecular complexity index is 867. The van der Waals surface area contributed by atoms with Crippen molar-refractivity contribution in [2.75, 3.05) is 26.3 Å². The van der Waals surface area contributed by atoms with Crippen LogP contribution in [0.3, 0.4) is 0 Å². The van der Waals surface area contributed by atoms with Gasteiger partial charge in [0.05, 0.1) is 36.0 Å². The van der Waals surface area contributed by atoms with Gasteiger partial charge in [-0.1, -0.05) is 12.1 Å². The van der Waals surface area contributed by atoms with Gasteiger partial charge < -0.3 is 14.4 Å². The number of fused-ring (bicyclic) bond motifs is 1. The second kappa shape index (κ2) is 8.84. The lowest BCUT2D eigenvalue weighted by Crippen LogP contribution is -2.44. The number of rotatable bonds is 5. The maximum Gasteiger partial charge on any atom is 0.269 e. The average molecular weight is 385 g/mol. The first-order valence-corrected chi connectivity index (χ1v) is 10.2. The lowest BCUT2D eigenvalue weighted by Gasteiger charge is -2.33. The highest BCUT2D eigenvalue weighted by molar-refractivity contribution is 5.80. The summed E-state index contributed by atoms with van der Waals surface area (Å²) in [4.78, 5) is 31.0. The van der Waals surface area contributed by atoms with Crippen LogP contribution in [0.1, 0.15) is 32.1 Å². The molecular weight excluding hydrogens is 358 g/mol. The normalized spacial score (nSPS) is 21.1. The maximum atomic E-state index is 12.8. The molecule has 0 radical (unpaired) electrons. The van der Waals surface area contributed by atoms with Gasteiger partial charge >= 0.3 is 0 Å². The number of likely N-dealkylation sites (tertiary alicyclic amines) is 1. The fraction of sp³-hybridized carbons (Fsp3) is 0.571. The molecule has 2 saturated heterocycles. The van der Waals surface area contributed by atoms with E-state index in [0.29, 0.717) is 30.7 Å². The molecule has 1 aromatic heterocycles. The Morgan fingerprint density at radius 2 is 2.00 bits per heavy atom. The van der Waals surface area contributed by atoms with Gasteiger partial charge in [0.1, 0.15) is 6.54 Å². The number of ether oxygens (including phenoxy) is 2. The molecule has 2 aromatic rings. The zero-order valence-electron chi connectivity index (χ0n) is 16.1. The summed E-state index contributed by atoms with van der Waals surface area (Å²) < 4.78 is 13.2. The molecule has 7 nitrogen and oxygen atoms in total. The van der Waals surface area contributed by atoms with Gasteiger partial charge in [0.15, 0.2) is 0 Å². The van der Waals surface area contributed by atoms with Crippen molar-refractivity contribution in [1.82, 2.24) is 14.5 Å². The van der Waals surface area contributed by atoms with E-state index in [1.54, 1.807) is 0 Å². The summed E-state index contributed by atoms with van der Waals surface area (Å²) in [5.41, 5.74) is 1.15. The molecule has 0 bridgehead atoms. The number of carbonyl (C=O) groups excluding carboxylic acids is 1. The van der Waals surface area contributed by atoms with E-state index in [1.807, 2.05) is 29.2 Å². The number of carbonyl (C=O) groups is 1. The SMILES string of the molecule is O=C(Cn1c(=O)cnc2ccccc21)N1CCC(OCC2CCCCO2)CC1. The van der Waals surface area contributed by atoms with E-state index in [-0.39, 0.29) is 30.2 Å². The smallest absolute Gasteiger partial charge is 0.269 e. The number of benzene rings is 1. The third-order valence-electron chi connectivity index (χ3n) is 5.63. The first-order valence-electron chi connectivity index (χ1n) is 10.2. The van der Waals surface area contributed by atoms with E-state index < -0.39 is 0 Å². The standard InChI is InChI=1S/C21H27N3O4/c25-20-13-22-18-6-1-2-7-19(18)24(20)14-21(26)23-10-8-16(9-11-23)28-15-17-5-3-4-12-27-17/h1-2,6-7,13,16-17H,3-5,8-12,14-15H2. The summed E-state index contributed by atoms with van der Waals surface area (Å²) in [5, 5.41) is 0. The van der Waals surface area contributed by atoms with Crippen molar-refractivity contribution in [1.29, 1.82) is 0 Å². The molecule has 1 amide bonds. The summed E-state index contributed by atoms with van der Waals surface area (Å²) in [7, 11) is 0. The van der Waals surface area contributed by atoms with Gasteiger partial charge in [0.25, 0.3) is 5.56 Å². The molecule has 0 N–H and O–H groups in total. The molecule has 7 heteroatoms.